The molecule has 1 aliphatic heterocycles. The van der Waals surface area contributed by atoms with E-state index in [0.29, 0.717) is 16.8 Å². The Morgan fingerprint density at radius 2 is 1.60 bits per heavy atom. The Morgan fingerprint density at radius 3 is 2.15 bits per heavy atom. The third kappa shape index (κ3) is 6.57. The number of nitrogens with zero attached hydrogens (tertiary/aromatic N) is 1. The minimum atomic E-state index is -5.84. The number of benzene rings is 3. The van der Waals surface area contributed by atoms with E-state index >= 15 is 0 Å². The first-order valence-corrected chi connectivity index (χ1v) is 14.4. The first-order valence-electron chi connectivity index (χ1n) is 11.9. The average Bonchev–Trinajstić information content (AvgIpc) is 2.88. The van der Waals surface area contributed by atoms with Gasteiger partial charge in [-0.25, -0.2) is 4.39 Å². The monoisotopic (exact) mass is 691 g/mol. The predicted octanol–water partition coefficient (Wildman–Crippen LogP) is 6.45. The molecular formula is C27H22F4INO6S. The molecular weight excluding hydrogens is 669 g/mol. The van der Waals surface area contributed by atoms with E-state index in [0.717, 1.165) is 15.7 Å². The summed E-state index contributed by atoms with van der Waals surface area (Å²) >= 11 is 2.12. The molecule has 1 aliphatic rings. The Labute approximate surface area is 241 Å². The van der Waals surface area contributed by atoms with Gasteiger partial charge in [0.05, 0.1) is 12.0 Å². The van der Waals surface area contributed by atoms with Gasteiger partial charge in [-0.15, -0.1) is 0 Å². The number of amides is 1. The summed E-state index contributed by atoms with van der Waals surface area (Å²) in [6.07, 6.45) is -0.230. The molecule has 0 aliphatic carbocycles. The minimum Gasteiger partial charge on any atom is -0.458 e. The number of hydrogen-bond donors (Lipinski definition) is 0. The lowest BCUT2D eigenvalue weighted by Gasteiger charge is -2.48. The maximum atomic E-state index is 13.4. The van der Waals surface area contributed by atoms with Crippen molar-refractivity contribution in [2.45, 2.75) is 37.4 Å². The van der Waals surface area contributed by atoms with Crippen molar-refractivity contribution >= 4 is 50.3 Å². The average molecular weight is 691 g/mol. The largest absolute Gasteiger partial charge is 0.534 e. The van der Waals surface area contributed by atoms with Crippen molar-refractivity contribution in [2.24, 2.45) is 5.92 Å². The van der Waals surface area contributed by atoms with Gasteiger partial charge in [0.2, 0.25) is 5.91 Å². The lowest BCUT2D eigenvalue weighted by atomic mass is 9.78. The lowest BCUT2D eigenvalue weighted by Crippen LogP contribution is -2.55. The van der Waals surface area contributed by atoms with E-state index < -0.39 is 51.2 Å². The Balaban J connectivity index is 1.60. The summed E-state index contributed by atoms with van der Waals surface area (Å²) in [5.41, 5.74) is -3.89. The summed E-state index contributed by atoms with van der Waals surface area (Å²) in [5, 5.41) is 0. The van der Waals surface area contributed by atoms with Gasteiger partial charge >= 0.3 is 21.6 Å². The second-order valence-corrected chi connectivity index (χ2v) is 11.8. The number of halogens is 5. The summed E-state index contributed by atoms with van der Waals surface area (Å²) in [5.74, 6) is -2.34. The minimum absolute atomic E-state index is 0.216. The van der Waals surface area contributed by atoms with Gasteiger partial charge in [0.25, 0.3) is 0 Å². The number of β-lactam (4-membered cyclic amide) rings is 1. The fourth-order valence-electron chi connectivity index (χ4n) is 4.50. The summed E-state index contributed by atoms with van der Waals surface area (Å²) in [6.45, 7) is 1.24. The zero-order valence-electron chi connectivity index (χ0n) is 20.8. The molecule has 3 aromatic rings. The van der Waals surface area contributed by atoms with Crippen LogP contribution in [0.2, 0.25) is 0 Å². The van der Waals surface area contributed by atoms with Gasteiger partial charge in [-0.05, 0) is 95.1 Å². The van der Waals surface area contributed by atoms with E-state index in [4.69, 9.17) is 4.74 Å². The van der Waals surface area contributed by atoms with Gasteiger partial charge in [0, 0.05) is 16.2 Å². The van der Waals surface area contributed by atoms with Gasteiger partial charge in [-0.1, -0.05) is 24.3 Å². The number of rotatable bonds is 9. The molecule has 1 unspecified atom stereocenters. The van der Waals surface area contributed by atoms with E-state index in [-0.39, 0.29) is 18.7 Å². The number of carbonyl (C=O) groups excluding carboxylic acids is 2. The normalized spacial score (nSPS) is 18.1. The summed E-state index contributed by atoms with van der Waals surface area (Å²) < 4.78 is 84.9. The standard InChI is InChI=1S/C27H22F4INO6S/c1-16(34)38-24(17-2-6-19(28)7-3-17)15-14-23-25(33(26(23)35)21-10-8-20(32)9-11-21)18-4-12-22(13-5-18)39-40(36,37)27(29,30)31/h2-13,23-25H,14-15H2,1H3/t23-,24?,25-/m1/s1. The third-order valence-electron chi connectivity index (χ3n) is 6.32. The van der Waals surface area contributed by atoms with Gasteiger partial charge in [-0.2, -0.15) is 21.6 Å². The second kappa shape index (κ2) is 11.7. The van der Waals surface area contributed by atoms with Crippen LogP contribution >= 0.6 is 22.6 Å². The molecule has 13 heteroatoms. The highest BCUT2D eigenvalue weighted by atomic mass is 127. The predicted molar refractivity (Wildman–Crippen MR) is 145 cm³/mol. The quantitative estimate of drug-likeness (QED) is 0.0641. The summed E-state index contributed by atoms with van der Waals surface area (Å²) in [4.78, 5) is 26.6. The molecule has 3 aromatic carbocycles. The Hall–Kier alpha value is -3.20. The maximum Gasteiger partial charge on any atom is 0.534 e. The van der Waals surface area contributed by atoms with E-state index in [9.17, 15) is 35.6 Å². The van der Waals surface area contributed by atoms with E-state index in [1.165, 1.54) is 43.3 Å². The molecule has 4 rings (SSSR count). The van der Waals surface area contributed by atoms with Crippen molar-refractivity contribution in [1.29, 1.82) is 0 Å². The van der Waals surface area contributed by atoms with Crippen LogP contribution in [0.15, 0.2) is 72.8 Å². The molecule has 1 fully saturated rings. The van der Waals surface area contributed by atoms with Gasteiger partial charge < -0.3 is 13.8 Å². The number of hydrogen-bond acceptors (Lipinski definition) is 6. The van der Waals surface area contributed by atoms with Crippen LogP contribution in [0.5, 0.6) is 5.75 Å². The number of esters is 1. The van der Waals surface area contributed by atoms with E-state index in [1.54, 1.807) is 17.0 Å². The number of ether oxygens (including phenoxy) is 1. The fraction of sp³-hybridized carbons (Fsp3) is 0.259. The topological polar surface area (TPSA) is 90.0 Å². The van der Waals surface area contributed by atoms with Crippen LogP contribution in [0.1, 0.15) is 43.0 Å². The molecule has 7 nitrogen and oxygen atoms in total. The van der Waals surface area contributed by atoms with Crippen LogP contribution in [0.3, 0.4) is 0 Å². The second-order valence-electron chi connectivity index (χ2n) is 9.02. The van der Waals surface area contributed by atoms with E-state index in [2.05, 4.69) is 26.8 Å². The molecule has 0 spiro atoms. The Bertz CT molecular complexity index is 1480. The molecule has 212 valence electrons. The van der Waals surface area contributed by atoms with Crippen molar-refractivity contribution in [2.75, 3.05) is 4.90 Å². The zero-order chi connectivity index (χ0) is 29.2. The molecule has 1 heterocycles. The SMILES string of the molecule is CC(=O)OC(CC[C@H]1C(=O)N(c2ccc(I)cc2)[C@@H]1c1ccc(OS(=O)(=O)C(F)(F)F)cc1)c1ccc(F)cc1. The van der Waals surface area contributed by atoms with E-state index in [1.807, 2.05) is 12.1 Å². The molecule has 0 aromatic heterocycles. The van der Waals surface area contributed by atoms with Crippen molar-refractivity contribution in [3.63, 3.8) is 0 Å². The summed E-state index contributed by atoms with van der Waals surface area (Å²) in [7, 11) is -5.84. The summed E-state index contributed by atoms with van der Waals surface area (Å²) in [6, 6.07) is 17.0. The molecule has 1 amide bonds. The molecule has 0 bridgehead atoms. The van der Waals surface area contributed by atoms with Crippen LogP contribution in [0, 0.1) is 15.3 Å². The highest BCUT2D eigenvalue weighted by Crippen LogP contribution is 2.47. The van der Waals surface area contributed by atoms with Gasteiger partial charge in [0.1, 0.15) is 17.7 Å². The first-order chi connectivity index (χ1) is 18.8. The molecule has 40 heavy (non-hydrogen) atoms. The Kier molecular flexibility index (Phi) is 8.73. The number of anilines is 1. The smallest absolute Gasteiger partial charge is 0.458 e. The third-order valence-corrected chi connectivity index (χ3v) is 8.02. The number of alkyl halides is 3. The van der Waals surface area contributed by atoms with Crippen LogP contribution in [0.25, 0.3) is 0 Å². The van der Waals surface area contributed by atoms with Crippen LogP contribution in [0.4, 0.5) is 23.2 Å². The molecule has 3 atom stereocenters. The molecule has 0 radical (unpaired) electrons. The van der Waals surface area contributed by atoms with Crippen molar-refractivity contribution in [1.82, 2.24) is 0 Å². The fourth-order valence-corrected chi connectivity index (χ4v) is 5.32. The highest BCUT2D eigenvalue weighted by molar-refractivity contribution is 14.1. The highest BCUT2D eigenvalue weighted by Gasteiger charge is 2.50. The molecule has 0 N–H and O–H groups in total. The van der Waals surface area contributed by atoms with Crippen LogP contribution in [-0.2, 0) is 24.4 Å². The van der Waals surface area contributed by atoms with Gasteiger partial charge in [-0.3, -0.25) is 9.59 Å². The zero-order valence-corrected chi connectivity index (χ0v) is 23.7. The molecule has 0 saturated carbocycles. The number of carbonyl (C=O) groups is 2. The molecule has 1 saturated heterocycles. The van der Waals surface area contributed by atoms with Gasteiger partial charge in [0.15, 0.2) is 0 Å². The first kappa shape index (κ1) is 29.8. The van der Waals surface area contributed by atoms with Crippen molar-refractivity contribution in [3.05, 3.63) is 93.3 Å². The van der Waals surface area contributed by atoms with Crippen molar-refractivity contribution < 1.29 is 44.5 Å². The maximum absolute atomic E-state index is 13.4. The van der Waals surface area contributed by atoms with Crippen LogP contribution < -0.4 is 9.08 Å². The van der Waals surface area contributed by atoms with Crippen LogP contribution in [-0.4, -0.2) is 25.8 Å². The Morgan fingerprint density at radius 1 is 1.00 bits per heavy atom. The lowest BCUT2D eigenvalue weighted by molar-refractivity contribution is -0.147. The van der Waals surface area contributed by atoms with Crippen molar-refractivity contribution in [3.8, 4) is 5.75 Å².